The molecule has 1 fully saturated rings. The van der Waals surface area contributed by atoms with Gasteiger partial charge in [0, 0.05) is 6.54 Å². The number of furan rings is 1. The van der Waals surface area contributed by atoms with Crippen LogP contribution >= 0.6 is 0 Å². The summed E-state index contributed by atoms with van der Waals surface area (Å²) >= 11 is 0. The first-order valence-electron chi connectivity index (χ1n) is 6.54. The molecule has 1 unspecified atom stereocenters. The van der Waals surface area contributed by atoms with Crippen molar-refractivity contribution < 1.29 is 18.7 Å². The van der Waals surface area contributed by atoms with Gasteiger partial charge in [0.05, 0.1) is 18.7 Å². The van der Waals surface area contributed by atoms with E-state index in [-0.39, 0.29) is 5.92 Å². The molecule has 7 heteroatoms. The fraction of sp³-hybridized carbons (Fsp3) is 0.462. The number of aromatic nitrogens is 2. The fourth-order valence-corrected chi connectivity index (χ4v) is 2.41. The zero-order chi connectivity index (χ0) is 13.9. The highest BCUT2D eigenvalue weighted by atomic mass is 16.4. The molecule has 3 rings (SSSR count). The van der Waals surface area contributed by atoms with Crippen molar-refractivity contribution >= 4 is 5.97 Å². The highest BCUT2D eigenvalue weighted by molar-refractivity contribution is 5.70. The molecular weight excluding hydrogens is 262 g/mol. The van der Waals surface area contributed by atoms with Crippen molar-refractivity contribution in [2.75, 3.05) is 13.1 Å². The van der Waals surface area contributed by atoms with Crippen LogP contribution in [0.4, 0.5) is 0 Å². The third-order valence-corrected chi connectivity index (χ3v) is 3.41. The van der Waals surface area contributed by atoms with Crippen molar-refractivity contribution in [2.45, 2.75) is 19.4 Å². The summed E-state index contributed by atoms with van der Waals surface area (Å²) in [4.78, 5) is 13.1. The number of carboxylic acid groups (broad SMARTS) is 1. The first kappa shape index (κ1) is 12.9. The van der Waals surface area contributed by atoms with Crippen LogP contribution in [0.15, 0.2) is 27.2 Å². The molecule has 3 heterocycles. The number of likely N-dealkylation sites (tertiary alicyclic amines) is 1. The first-order valence-corrected chi connectivity index (χ1v) is 6.54. The lowest BCUT2D eigenvalue weighted by molar-refractivity contribution is -0.143. The van der Waals surface area contributed by atoms with E-state index in [1.54, 1.807) is 18.4 Å². The Hall–Kier alpha value is -2.15. The Kier molecular flexibility index (Phi) is 3.51. The van der Waals surface area contributed by atoms with E-state index in [9.17, 15) is 4.79 Å². The average molecular weight is 277 g/mol. The van der Waals surface area contributed by atoms with Gasteiger partial charge in [0.1, 0.15) is 0 Å². The molecule has 1 atom stereocenters. The van der Waals surface area contributed by atoms with Crippen LogP contribution in [0.25, 0.3) is 11.7 Å². The normalized spacial score (nSPS) is 20.1. The summed E-state index contributed by atoms with van der Waals surface area (Å²) in [5.74, 6) is 0.303. The first-order chi connectivity index (χ1) is 9.72. The number of nitrogens with zero attached hydrogens (tertiary/aromatic N) is 3. The van der Waals surface area contributed by atoms with E-state index in [0.29, 0.717) is 30.6 Å². The zero-order valence-electron chi connectivity index (χ0n) is 10.9. The van der Waals surface area contributed by atoms with Crippen molar-refractivity contribution in [3.63, 3.8) is 0 Å². The second kappa shape index (κ2) is 5.46. The number of aliphatic carboxylic acids is 1. The molecule has 2 aromatic rings. The predicted molar refractivity (Wildman–Crippen MR) is 67.6 cm³/mol. The molecule has 0 aromatic carbocycles. The van der Waals surface area contributed by atoms with Crippen LogP contribution in [0.5, 0.6) is 0 Å². The van der Waals surface area contributed by atoms with Crippen molar-refractivity contribution in [2.24, 2.45) is 5.92 Å². The number of piperidine rings is 1. The zero-order valence-corrected chi connectivity index (χ0v) is 10.9. The van der Waals surface area contributed by atoms with Gasteiger partial charge in [0.2, 0.25) is 5.89 Å². The van der Waals surface area contributed by atoms with Gasteiger partial charge in [-0.3, -0.25) is 9.69 Å². The SMILES string of the molecule is O=C(O)C1CCCN(Cc2nnc(-c3ccco3)o2)C1. The summed E-state index contributed by atoms with van der Waals surface area (Å²) in [6.45, 7) is 1.84. The van der Waals surface area contributed by atoms with Crippen molar-refractivity contribution in [1.82, 2.24) is 15.1 Å². The standard InChI is InChI=1S/C13H15N3O4/c17-13(18)9-3-1-5-16(7-9)8-11-14-15-12(20-11)10-4-2-6-19-10/h2,4,6,9H,1,3,5,7-8H2,(H,17,18). The summed E-state index contributed by atoms with van der Waals surface area (Å²) in [6.07, 6.45) is 3.14. The monoisotopic (exact) mass is 277 g/mol. The van der Waals surface area contributed by atoms with Gasteiger partial charge in [-0.2, -0.15) is 0 Å². The number of hydrogen-bond acceptors (Lipinski definition) is 6. The second-order valence-corrected chi connectivity index (χ2v) is 4.89. The summed E-state index contributed by atoms with van der Waals surface area (Å²) < 4.78 is 10.7. The van der Waals surface area contributed by atoms with Gasteiger partial charge in [0.25, 0.3) is 5.89 Å². The number of carboxylic acids is 1. The van der Waals surface area contributed by atoms with E-state index in [2.05, 4.69) is 10.2 Å². The molecule has 1 N–H and O–H groups in total. The van der Waals surface area contributed by atoms with Gasteiger partial charge < -0.3 is 13.9 Å². The Morgan fingerprint density at radius 2 is 2.40 bits per heavy atom. The maximum atomic E-state index is 11.0. The number of hydrogen-bond donors (Lipinski definition) is 1. The molecule has 20 heavy (non-hydrogen) atoms. The third-order valence-electron chi connectivity index (χ3n) is 3.41. The molecule has 106 valence electrons. The van der Waals surface area contributed by atoms with Gasteiger partial charge in [0.15, 0.2) is 5.76 Å². The van der Waals surface area contributed by atoms with E-state index in [0.717, 1.165) is 19.4 Å². The van der Waals surface area contributed by atoms with E-state index in [1.807, 2.05) is 4.90 Å². The van der Waals surface area contributed by atoms with E-state index in [1.165, 1.54) is 0 Å². The van der Waals surface area contributed by atoms with Crippen LogP contribution in [0.2, 0.25) is 0 Å². The lowest BCUT2D eigenvalue weighted by Gasteiger charge is -2.29. The summed E-state index contributed by atoms with van der Waals surface area (Å²) in [7, 11) is 0. The summed E-state index contributed by atoms with van der Waals surface area (Å²) in [5.41, 5.74) is 0. The van der Waals surface area contributed by atoms with E-state index < -0.39 is 5.97 Å². The highest BCUT2D eigenvalue weighted by Gasteiger charge is 2.26. The number of rotatable bonds is 4. The third kappa shape index (κ3) is 2.72. The molecule has 7 nitrogen and oxygen atoms in total. The van der Waals surface area contributed by atoms with Gasteiger partial charge in [-0.05, 0) is 31.5 Å². The second-order valence-electron chi connectivity index (χ2n) is 4.89. The minimum Gasteiger partial charge on any atom is -0.481 e. The topological polar surface area (TPSA) is 92.6 Å². The summed E-state index contributed by atoms with van der Waals surface area (Å²) in [6, 6.07) is 3.50. The van der Waals surface area contributed by atoms with E-state index >= 15 is 0 Å². The smallest absolute Gasteiger partial charge is 0.307 e. The van der Waals surface area contributed by atoms with Crippen molar-refractivity contribution in [3.05, 3.63) is 24.3 Å². The Bertz CT molecular complexity index is 578. The fourth-order valence-electron chi connectivity index (χ4n) is 2.41. The van der Waals surface area contributed by atoms with Crippen molar-refractivity contribution in [3.8, 4) is 11.7 Å². The molecule has 1 saturated heterocycles. The molecule has 0 amide bonds. The molecule has 0 radical (unpaired) electrons. The molecule has 0 aliphatic carbocycles. The van der Waals surface area contributed by atoms with Gasteiger partial charge in [-0.1, -0.05) is 0 Å². The van der Waals surface area contributed by atoms with Crippen LogP contribution in [0, 0.1) is 5.92 Å². The highest BCUT2D eigenvalue weighted by Crippen LogP contribution is 2.21. The largest absolute Gasteiger partial charge is 0.481 e. The Labute approximate surface area is 115 Å². The van der Waals surface area contributed by atoms with Crippen LogP contribution < -0.4 is 0 Å². The molecule has 1 aliphatic heterocycles. The quantitative estimate of drug-likeness (QED) is 0.907. The van der Waals surface area contributed by atoms with Crippen LogP contribution in [-0.2, 0) is 11.3 Å². The lowest BCUT2D eigenvalue weighted by Crippen LogP contribution is -2.38. The van der Waals surface area contributed by atoms with Gasteiger partial charge >= 0.3 is 5.97 Å². The van der Waals surface area contributed by atoms with Gasteiger partial charge in [-0.25, -0.2) is 0 Å². The van der Waals surface area contributed by atoms with Crippen LogP contribution in [-0.4, -0.2) is 39.3 Å². The lowest BCUT2D eigenvalue weighted by atomic mass is 9.98. The maximum Gasteiger partial charge on any atom is 0.307 e. The summed E-state index contributed by atoms with van der Waals surface area (Å²) in [5, 5.41) is 17.0. The molecule has 2 aromatic heterocycles. The van der Waals surface area contributed by atoms with Gasteiger partial charge in [-0.15, -0.1) is 10.2 Å². The average Bonchev–Trinajstić information content (AvgIpc) is 3.09. The van der Waals surface area contributed by atoms with Crippen molar-refractivity contribution in [1.29, 1.82) is 0 Å². The maximum absolute atomic E-state index is 11.0. The minimum atomic E-state index is -0.739. The molecular formula is C13H15N3O4. The Balaban J connectivity index is 1.64. The Morgan fingerprint density at radius 3 is 3.15 bits per heavy atom. The molecule has 0 saturated carbocycles. The predicted octanol–water partition coefficient (Wildman–Crippen LogP) is 1.63. The molecule has 0 bridgehead atoms. The molecule has 0 spiro atoms. The van der Waals surface area contributed by atoms with Crippen LogP contribution in [0.3, 0.4) is 0 Å². The van der Waals surface area contributed by atoms with Crippen LogP contribution in [0.1, 0.15) is 18.7 Å². The number of carbonyl (C=O) groups is 1. The minimum absolute atomic E-state index is 0.309. The van der Waals surface area contributed by atoms with E-state index in [4.69, 9.17) is 13.9 Å². The Morgan fingerprint density at radius 1 is 1.50 bits per heavy atom. The molecule has 1 aliphatic rings.